The van der Waals surface area contributed by atoms with Gasteiger partial charge in [0, 0.05) is 19.0 Å². The Kier molecular flexibility index (Phi) is 4.95. The molecule has 0 spiro atoms. The summed E-state index contributed by atoms with van der Waals surface area (Å²) in [6.45, 7) is 10.6. The van der Waals surface area contributed by atoms with Crippen LogP contribution in [-0.2, 0) is 6.54 Å². The molecule has 0 saturated heterocycles. The van der Waals surface area contributed by atoms with Crippen LogP contribution in [0.3, 0.4) is 0 Å². The average Bonchev–Trinajstić information content (AvgIpc) is 3.04. The van der Waals surface area contributed by atoms with Crippen LogP contribution in [0.1, 0.15) is 65.9 Å². The van der Waals surface area contributed by atoms with Crippen molar-refractivity contribution in [3.8, 4) is 0 Å². The summed E-state index contributed by atoms with van der Waals surface area (Å²) in [5.74, 6) is 1.11. The Bertz CT molecular complexity index is 659. The smallest absolute Gasteiger partial charge is 0.266 e. The molecular weight excluding hydrogens is 298 g/mol. The first kappa shape index (κ1) is 16.6. The van der Waals surface area contributed by atoms with Crippen molar-refractivity contribution in [1.82, 2.24) is 24.6 Å². The third-order valence-electron chi connectivity index (χ3n) is 3.43. The Hall–Kier alpha value is -1.76. The van der Waals surface area contributed by atoms with E-state index in [4.69, 9.17) is 0 Å². The summed E-state index contributed by atoms with van der Waals surface area (Å²) >= 11 is 1.48. The maximum Gasteiger partial charge on any atom is 0.266 e. The van der Waals surface area contributed by atoms with Gasteiger partial charge < -0.3 is 9.47 Å². The SMILES string of the molecule is Cc1nc(C(C)C)sc1C(=O)N(C)Cc1nncn1C(C)C. The average molecular weight is 321 g/mol. The van der Waals surface area contributed by atoms with E-state index in [2.05, 4.69) is 42.9 Å². The molecule has 1 amide bonds. The monoisotopic (exact) mass is 321 g/mol. The highest BCUT2D eigenvalue weighted by molar-refractivity contribution is 7.13. The summed E-state index contributed by atoms with van der Waals surface area (Å²) < 4.78 is 1.98. The molecule has 0 aromatic carbocycles. The van der Waals surface area contributed by atoms with Crippen LogP contribution >= 0.6 is 11.3 Å². The number of hydrogen-bond acceptors (Lipinski definition) is 5. The molecule has 6 nitrogen and oxygen atoms in total. The summed E-state index contributed by atoms with van der Waals surface area (Å²) in [5.41, 5.74) is 0.802. The topological polar surface area (TPSA) is 63.9 Å². The normalized spacial score (nSPS) is 11.5. The zero-order chi connectivity index (χ0) is 16.4. The molecule has 0 atom stereocenters. The van der Waals surface area contributed by atoms with Crippen molar-refractivity contribution in [2.24, 2.45) is 0 Å². The number of rotatable bonds is 5. The van der Waals surface area contributed by atoms with Gasteiger partial charge in [-0.3, -0.25) is 4.79 Å². The summed E-state index contributed by atoms with van der Waals surface area (Å²) in [6.07, 6.45) is 1.70. The van der Waals surface area contributed by atoms with E-state index in [9.17, 15) is 4.79 Å². The lowest BCUT2D eigenvalue weighted by Gasteiger charge is -2.17. The van der Waals surface area contributed by atoms with E-state index in [-0.39, 0.29) is 11.9 Å². The fraction of sp³-hybridized carbons (Fsp3) is 0.600. The van der Waals surface area contributed by atoms with Crippen LogP contribution in [0.25, 0.3) is 0 Å². The first-order valence-corrected chi connectivity index (χ1v) is 8.24. The van der Waals surface area contributed by atoms with Crippen molar-refractivity contribution in [2.45, 2.75) is 53.1 Å². The number of carbonyl (C=O) groups excluding carboxylic acids is 1. The van der Waals surface area contributed by atoms with Crippen molar-refractivity contribution in [3.63, 3.8) is 0 Å². The molecule has 2 aromatic heterocycles. The van der Waals surface area contributed by atoms with Crippen LogP contribution in [0.5, 0.6) is 0 Å². The van der Waals surface area contributed by atoms with Gasteiger partial charge in [-0.1, -0.05) is 13.8 Å². The lowest BCUT2D eigenvalue weighted by molar-refractivity contribution is 0.0783. The molecule has 0 radical (unpaired) electrons. The molecule has 0 unspecified atom stereocenters. The van der Waals surface area contributed by atoms with Crippen LogP contribution in [0.15, 0.2) is 6.33 Å². The zero-order valence-electron chi connectivity index (χ0n) is 14.0. The molecular formula is C15H23N5OS. The second-order valence-electron chi connectivity index (χ2n) is 6.03. The molecule has 120 valence electrons. The number of thiazole rings is 1. The number of nitrogens with zero attached hydrogens (tertiary/aromatic N) is 5. The minimum Gasteiger partial charge on any atom is -0.333 e. The van der Waals surface area contributed by atoms with Crippen molar-refractivity contribution in [3.05, 3.63) is 27.7 Å². The predicted molar refractivity (Wildman–Crippen MR) is 87.1 cm³/mol. The quantitative estimate of drug-likeness (QED) is 0.849. The van der Waals surface area contributed by atoms with Crippen molar-refractivity contribution in [2.75, 3.05) is 7.05 Å². The highest BCUT2D eigenvalue weighted by Crippen LogP contribution is 2.25. The number of aryl methyl sites for hydroxylation is 1. The maximum absolute atomic E-state index is 12.6. The highest BCUT2D eigenvalue weighted by Gasteiger charge is 2.21. The summed E-state index contributed by atoms with van der Waals surface area (Å²) in [7, 11) is 1.79. The molecule has 0 aliphatic heterocycles. The van der Waals surface area contributed by atoms with Gasteiger partial charge in [-0.25, -0.2) is 4.98 Å². The van der Waals surface area contributed by atoms with Gasteiger partial charge in [0.25, 0.3) is 5.91 Å². The molecule has 2 aromatic rings. The highest BCUT2D eigenvalue weighted by atomic mass is 32.1. The van der Waals surface area contributed by atoms with E-state index >= 15 is 0 Å². The number of carbonyl (C=O) groups is 1. The maximum atomic E-state index is 12.6. The van der Waals surface area contributed by atoms with Gasteiger partial charge in [0.1, 0.15) is 11.2 Å². The van der Waals surface area contributed by atoms with Gasteiger partial charge in [0.2, 0.25) is 0 Å². The van der Waals surface area contributed by atoms with Gasteiger partial charge in [0.15, 0.2) is 5.82 Å². The minimum atomic E-state index is -0.0137. The predicted octanol–water partition coefficient (Wildman–Crippen LogP) is 3.02. The lowest BCUT2D eigenvalue weighted by Crippen LogP contribution is -2.27. The Balaban J connectivity index is 2.17. The van der Waals surface area contributed by atoms with Crippen LogP contribution in [0.2, 0.25) is 0 Å². The fourth-order valence-corrected chi connectivity index (χ4v) is 3.19. The second-order valence-corrected chi connectivity index (χ2v) is 7.06. The van der Waals surface area contributed by atoms with Crippen LogP contribution in [0, 0.1) is 6.92 Å². The summed E-state index contributed by atoms with van der Waals surface area (Å²) in [6, 6.07) is 0.270. The van der Waals surface area contributed by atoms with Gasteiger partial charge in [-0.15, -0.1) is 21.5 Å². The standard InChI is InChI=1S/C15H23N5OS/c1-9(2)14-17-11(5)13(22-14)15(21)19(6)7-12-18-16-8-20(12)10(3)4/h8-10H,7H2,1-6H3. The van der Waals surface area contributed by atoms with E-state index in [0.29, 0.717) is 17.3 Å². The van der Waals surface area contributed by atoms with Crippen LogP contribution in [-0.4, -0.2) is 37.6 Å². The second kappa shape index (κ2) is 6.56. The largest absolute Gasteiger partial charge is 0.333 e. The third kappa shape index (κ3) is 3.35. The van der Waals surface area contributed by atoms with Crippen molar-refractivity contribution < 1.29 is 4.79 Å². The molecule has 0 aliphatic carbocycles. The van der Waals surface area contributed by atoms with Gasteiger partial charge in [-0.2, -0.15) is 0 Å². The van der Waals surface area contributed by atoms with Crippen molar-refractivity contribution >= 4 is 17.2 Å². The number of aromatic nitrogens is 4. The molecule has 0 saturated carbocycles. The van der Waals surface area contributed by atoms with Gasteiger partial charge >= 0.3 is 0 Å². The fourth-order valence-electron chi connectivity index (χ4n) is 2.13. The Labute approximate surface area is 135 Å². The van der Waals surface area contributed by atoms with E-state index in [1.54, 1.807) is 18.3 Å². The van der Waals surface area contributed by atoms with Crippen LogP contribution < -0.4 is 0 Å². The molecule has 7 heteroatoms. The molecule has 0 bridgehead atoms. The van der Waals surface area contributed by atoms with E-state index in [0.717, 1.165) is 16.5 Å². The third-order valence-corrected chi connectivity index (χ3v) is 4.88. The number of amides is 1. The first-order valence-electron chi connectivity index (χ1n) is 7.42. The molecule has 0 aliphatic rings. The van der Waals surface area contributed by atoms with Crippen molar-refractivity contribution in [1.29, 1.82) is 0 Å². The molecule has 0 N–H and O–H groups in total. The van der Waals surface area contributed by atoms with Crippen LogP contribution in [0.4, 0.5) is 0 Å². The minimum absolute atomic E-state index is 0.0137. The lowest BCUT2D eigenvalue weighted by atomic mass is 10.2. The first-order chi connectivity index (χ1) is 10.3. The Morgan fingerprint density at radius 2 is 2.05 bits per heavy atom. The zero-order valence-corrected chi connectivity index (χ0v) is 14.8. The number of hydrogen-bond donors (Lipinski definition) is 0. The summed E-state index contributed by atoms with van der Waals surface area (Å²) in [5, 5.41) is 9.05. The molecule has 2 rings (SSSR count). The molecule has 22 heavy (non-hydrogen) atoms. The van der Waals surface area contributed by atoms with E-state index < -0.39 is 0 Å². The molecule has 2 heterocycles. The van der Waals surface area contributed by atoms with E-state index in [1.165, 1.54) is 11.3 Å². The Morgan fingerprint density at radius 3 is 2.59 bits per heavy atom. The van der Waals surface area contributed by atoms with E-state index in [1.807, 2.05) is 11.5 Å². The van der Waals surface area contributed by atoms with Gasteiger partial charge in [-0.05, 0) is 20.8 Å². The molecule has 0 fully saturated rings. The van der Waals surface area contributed by atoms with Gasteiger partial charge in [0.05, 0.1) is 17.2 Å². The Morgan fingerprint density at radius 1 is 1.36 bits per heavy atom. The summed E-state index contributed by atoms with van der Waals surface area (Å²) in [4.78, 5) is 19.5.